The quantitative estimate of drug-likeness (QED) is 0.231. The van der Waals surface area contributed by atoms with E-state index in [9.17, 15) is 14.0 Å². The summed E-state index contributed by atoms with van der Waals surface area (Å²) in [5.74, 6) is -0.578. The lowest BCUT2D eigenvalue weighted by Crippen LogP contribution is -2.37. The maximum atomic E-state index is 15.0. The van der Waals surface area contributed by atoms with Crippen LogP contribution < -0.4 is 30.2 Å². The van der Waals surface area contributed by atoms with E-state index < -0.39 is 17.6 Å². The number of pyridine rings is 1. The van der Waals surface area contributed by atoms with Crippen LogP contribution in [0.25, 0.3) is 10.9 Å². The molecule has 6 rings (SSSR count). The van der Waals surface area contributed by atoms with Crippen LogP contribution in [0.3, 0.4) is 0 Å². The zero-order valence-electron chi connectivity index (χ0n) is 24.5. The van der Waals surface area contributed by atoms with Crippen molar-refractivity contribution in [3.63, 3.8) is 0 Å². The molecule has 1 aromatic heterocycles. The summed E-state index contributed by atoms with van der Waals surface area (Å²) in [6.45, 7) is 2.69. The number of anilines is 1. The minimum atomic E-state index is -0.862. The van der Waals surface area contributed by atoms with Gasteiger partial charge in [0.1, 0.15) is 6.61 Å². The van der Waals surface area contributed by atoms with E-state index in [1.807, 2.05) is 42.5 Å². The fourth-order valence-corrected chi connectivity index (χ4v) is 5.83. The number of methoxy groups -OCH3 is 1. The van der Waals surface area contributed by atoms with Crippen LogP contribution in [0, 0.1) is 11.7 Å². The van der Waals surface area contributed by atoms with Crippen LogP contribution in [0.4, 0.5) is 10.1 Å². The van der Waals surface area contributed by atoms with E-state index in [2.05, 4.69) is 20.9 Å². The molecule has 1 atom stereocenters. The number of carbonyl (C=O) groups is 2. The summed E-state index contributed by atoms with van der Waals surface area (Å²) in [6.07, 6.45) is 5.39. The average Bonchev–Trinajstić information content (AvgIpc) is 3.45. The van der Waals surface area contributed by atoms with E-state index in [4.69, 9.17) is 14.2 Å². The van der Waals surface area contributed by atoms with Gasteiger partial charge in [0.15, 0.2) is 23.1 Å². The van der Waals surface area contributed by atoms with Crippen molar-refractivity contribution in [1.82, 2.24) is 15.6 Å². The number of nitrogens with zero attached hydrogens (tertiary/aromatic N) is 1. The van der Waals surface area contributed by atoms with Crippen molar-refractivity contribution in [1.29, 1.82) is 0 Å². The second-order valence-corrected chi connectivity index (χ2v) is 11.1. The predicted octanol–water partition coefficient (Wildman–Crippen LogP) is 5.08. The van der Waals surface area contributed by atoms with Crippen LogP contribution in [-0.4, -0.2) is 43.6 Å². The molecule has 1 fully saturated rings. The van der Waals surface area contributed by atoms with Crippen molar-refractivity contribution >= 4 is 28.4 Å². The number of piperidine rings is 1. The van der Waals surface area contributed by atoms with Crippen LogP contribution in [0.5, 0.6) is 17.2 Å². The lowest BCUT2D eigenvalue weighted by atomic mass is 9.99. The van der Waals surface area contributed by atoms with Gasteiger partial charge in [-0.25, -0.2) is 4.39 Å². The fourth-order valence-electron chi connectivity index (χ4n) is 5.83. The van der Waals surface area contributed by atoms with Gasteiger partial charge in [-0.1, -0.05) is 24.3 Å². The zero-order chi connectivity index (χ0) is 30.5. The number of benzene rings is 3. The maximum Gasteiger partial charge on any atom is 0.313 e. The molecule has 10 heteroatoms. The summed E-state index contributed by atoms with van der Waals surface area (Å²) in [6, 6.07) is 17.2. The van der Waals surface area contributed by atoms with Gasteiger partial charge in [-0.15, -0.1) is 0 Å². The minimum absolute atomic E-state index is 0.00821. The predicted molar refractivity (Wildman–Crippen MR) is 164 cm³/mol. The molecule has 0 radical (unpaired) electrons. The second kappa shape index (κ2) is 13.3. The van der Waals surface area contributed by atoms with Crippen molar-refractivity contribution in [3.05, 3.63) is 89.4 Å². The lowest BCUT2D eigenvalue weighted by molar-refractivity contribution is -0.136. The molecule has 228 valence electrons. The fraction of sp³-hybridized carbons (Fsp3) is 0.324. The highest BCUT2D eigenvalue weighted by molar-refractivity contribution is 6.39. The number of hydrogen-bond donors (Lipinski definition) is 3. The molecule has 0 bridgehead atoms. The van der Waals surface area contributed by atoms with Gasteiger partial charge < -0.3 is 30.2 Å². The first-order chi connectivity index (χ1) is 21.5. The Hall–Kier alpha value is -4.70. The number of carbonyl (C=O) groups excluding carboxylic acids is 2. The van der Waals surface area contributed by atoms with Gasteiger partial charge >= 0.3 is 11.8 Å². The van der Waals surface area contributed by atoms with Crippen LogP contribution >= 0.6 is 0 Å². The lowest BCUT2D eigenvalue weighted by Gasteiger charge is -2.23. The Morgan fingerprint density at radius 2 is 1.80 bits per heavy atom. The molecule has 1 aliphatic heterocycles. The smallest absolute Gasteiger partial charge is 0.313 e. The summed E-state index contributed by atoms with van der Waals surface area (Å²) in [7, 11) is 1.60. The topological polar surface area (TPSA) is 111 Å². The number of rotatable bonds is 9. The summed E-state index contributed by atoms with van der Waals surface area (Å²) >= 11 is 0. The number of halogens is 1. The summed E-state index contributed by atoms with van der Waals surface area (Å²) in [4.78, 5) is 29.6. The first-order valence-electron chi connectivity index (χ1n) is 14.9. The highest BCUT2D eigenvalue weighted by Crippen LogP contribution is 2.34. The van der Waals surface area contributed by atoms with Gasteiger partial charge in [0.05, 0.1) is 25.3 Å². The number of aromatic nitrogens is 1. The number of aryl methyl sites for hydroxylation is 1. The number of fused-ring (bicyclic) bond motifs is 2. The van der Waals surface area contributed by atoms with Crippen molar-refractivity contribution in [3.8, 4) is 17.2 Å². The Balaban J connectivity index is 1.08. The number of ether oxygens (including phenoxy) is 3. The van der Waals surface area contributed by atoms with E-state index in [1.54, 1.807) is 13.3 Å². The Morgan fingerprint density at radius 3 is 2.61 bits per heavy atom. The molecule has 1 saturated heterocycles. The summed E-state index contributed by atoms with van der Waals surface area (Å²) in [5, 5.41) is 9.41. The number of nitrogens with one attached hydrogen (secondary N) is 3. The Labute approximate surface area is 255 Å². The monoisotopic (exact) mass is 598 g/mol. The Bertz CT molecular complexity index is 1670. The third kappa shape index (κ3) is 6.60. The van der Waals surface area contributed by atoms with Crippen molar-refractivity contribution in [2.75, 3.05) is 32.1 Å². The molecule has 0 saturated carbocycles. The molecular formula is C34H35FN4O5. The molecule has 1 aliphatic carbocycles. The third-order valence-electron chi connectivity index (χ3n) is 8.27. The van der Waals surface area contributed by atoms with Crippen LogP contribution in [0.15, 0.2) is 66.9 Å². The zero-order valence-corrected chi connectivity index (χ0v) is 24.5. The van der Waals surface area contributed by atoms with E-state index in [0.717, 1.165) is 66.9 Å². The number of hydrogen-bond acceptors (Lipinski definition) is 7. The van der Waals surface area contributed by atoms with Crippen molar-refractivity contribution in [2.24, 2.45) is 5.92 Å². The van der Waals surface area contributed by atoms with E-state index in [-0.39, 0.29) is 24.1 Å². The molecule has 44 heavy (non-hydrogen) atoms. The molecule has 0 spiro atoms. The normalized spacial score (nSPS) is 16.3. The molecule has 2 amide bonds. The van der Waals surface area contributed by atoms with E-state index in [1.165, 1.54) is 12.1 Å². The second-order valence-electron chi connectivity index (χ2n) is 11.1. The van der Waals surface area contributed by atoms with Gasteiger partial charge in [0, 0.05) is 35.0 Å². The molecule has 2 aliphatic rings. The first-order valence-corrected chi connectivity index (χ1v) is 14.9. The van der Waals surface area contributed by atoms with Gasteiger partial charge in [-0.2, -0.15) is 0 Å². The van der Waals surface area contributed by atoms with Crippen molar-refractivity contribution < 1.29 is 28.2 Å². The molecule has 4 aromatic rings. The van der Waals surface area contributed by atoms with Gasteiger partial charge in [-0.05, 0) is 80.1 Å². The van der Waals surface area contributed by atoms with Gasteiger partial charge in [0.25, 0.3) is 0 Å². The van der Waals surface area contributed by atoms with E-state index in [0.29, 0.717) is 29.5 Å². The van der Waals surface area contributed by atoms with Crippen LogP contribution in [0.1, 0.15) is 42.0 Å². The van der Waals surface area contributed by atoms with Crippen LogP contribution in [-0.2, 0) is 22.6 Å². The van der Waals surface area contributed by atoms with Gasteiger partial charge in [0.2, 0.25) is 0 Å². The maximum absolute atomic E-state index is 15.0. The van der Waals surface area contributed by atoms with E-state index >= 15 is 0 Å². The first kappa shape index (κ1) is 29.4. The van der Waals surface area contributed by atoms with Gasteiger partial charge in [-0.3, -0.25) is 14.6 Å². The molecule has 3 N–H and O–H groups in total. The molecule has 9 nitrogen and oxygen atoms in total. The highest BCUT2D eigenvalue weighted by Gasteiger charge is 2.26. The Kier molecular flexibility index (Phi) is 8.88. The van der Waals surface area contributed by atoms with Crippen LogP contribution in [0.2, 0.25) is 0 Å². The molecule has 1 unspecified atom stereocenters. The minimum Gasteiger partial charge on any atom is -0.493 e. The largest absolute Gasteiger partial charge is 0.493 e. The average molecular weight is 599 g/mol. The third-order valence-corrected chi connectivity index (χ3v) is 8.27. The summed E-state index contributed by atoms with van der Waals surface area (Å²) < 4.78 is 32.6. The molecule has 3 aromatic carbocycles. The highest BCUT2D eigenvalue weighted by atomic mass is 19.1. The molecular weight excluding hydrogens is 563 g/mol. The SMILES string of the molecule is COc1cc2c(COc3ccc(NC(=O)C(=O)NC4CCc5ccccc54)cc3F)ccnc2cc1OCC1CCNCC1. The Morgan fingerprint density at radius 1 is 0.955 bits per heavy atom. The van der Waals surface area contributed by atoms with Crippen molar-refractivity contribution in [2.45, 2.75) is 38.3 Å². The standard InChI is InChI=1S/C34H35FN4O5/c1-42-31-17-26-23(12-15-37-29(26)18-32(31)43-19-21-10-13-36-14-11-21)20-44-30-9-7-24(16-27(30)35)38-33(40)34(41)39-28-8-6-22-4-2-3-5-25(22)28/h2-5,7,9,12,15-18,21,28,36H,6,8,10-11,13-14,19-20H2,1H3,(H,38,40)(H,39,41). The molecule has 2 heterocycles. The number of amides is 2. The summed E-state index contributed by atoms with van der Waals surface area (Å²) in [5.41, 5.74) is 3.84.